The first-order valence-corrected chi connectivity index (χ1v) is 6.84. The van der Waals surface area contributed by atoms with Crippen LogP contribution < -0.4 is 10.6 Å². The molecule has 5 nitrogen and oxygen atoms in total. The van der Waals surface area contributed by atoms with Crippen molar-refractivity contribution in [3.05, 3.63) is 38.9 Å². The van der Waals surface area contributed by atoms with Crippen LogP contribution in [-0.4, -0.2) is 22.9 Å². The molecule has 0 aliphatic heterocycles. The van der Waals surface area contributed by atoms with Crippen LogP contribution in [0.2, 0.25) is 0 Å². The van der Waals surface area contributed by atoms with Gasteiger partial charge in [0.1, 0.15) is 11.5 Å². The van der Waals surface area contributed by atoms with E-state index in [2.05, 4.69) is 32.0 Å². The van der Waals surface area contributed by atoms with Gasteiger partial charge in [-0.3, -0.25) is 5.41 Å². The number of rotatable bonds is 4. The summed E-state index contributed by atoms with van der Waals surface area (Å²) in [5.41, 5.74) is 5.91. The van der Waals surface area contributed by atoms with Crippen molar-refractivity contribution in [2.75, 3.05) is 11.9 Å². The average Bonchev–Trinajstić information content (AvgIpc) is 2.74. The monoisotopic (exact) mass is 325 g/mol. The van der Waals surface area contributed by atoms with Gasteiger partial charge in [-0.2, -0.15) is 0 Å². The van der Waals surface area contributed by atoms with E-state index < -0.39 is 0 Å². The minimum Gasteiger partial charge on any atom is -0.382 e. The van der Waals surface area contributed by atoms with Crippen molar-refractivity contribution >= 4 is 38.9 Å². The Hall–Kier alpha value is -1.47. The zero-order valence-corrected chi connectivity index (χ0v) is 12.1. The number of anilines is 1. The van der Waals surface area contributed by atoms with Gasteiger partial charge < -0.3 is 10.6 Å². The molecule has 0 amide bonds. The van der Waals surface area contributed by atoms with Gasteiger partial charge in [-0.25, -0.2) is 9.97 Å². The van der Waals surface area contributed by atoms with E-state index in [4.69, 9.17) is 11.1 Å². The third-order valence-electron chi connectivity index (χ3n) is 2.31. The SMILES string of the molecule is CN(Cc1cc(Br)cs1)c1nccnc1C(=N)N. The van der Waals surface area contributed by atoms with E-state index >= 15 is 0 Å². The second kappa shape index (κ2) is 5.45. The van der Waals surface area contributed by atoms with E-state index in [1.807, 2.05) is 17.3 Å². The maximum absolute atomic E-state index is 7.50. The van der Waals surface area contributed by atoms with E-state index in [1.54, 1.807) is 17.5 Å². The maximum Gasteiger partial charge on any atom is 0.158 e. The Labute approximate surface area is 117 Å². The second-order valence-corrected chi connectivity index (χ2v) is 5.64. The molecule has 0 saturated carbocycles. The zero-order chi connectivity index (χ0) is 13.1. The van der Waals surface area contributed by atoms with E-state index in [9.17, 15) is 0 Å². The van der Waals surface area contributed by atoms with Crippen LogP contribution in [0, 0.1) is 5.41 Å². The quantitative estimate of drug-likeness (QED) is 0.667. The number of aromatic nitrogens is 2. The predicted octanol–water partition coefficient (Wildman–Crippen LogP) is 2.22. The van der Waals surface area contributed by atoms with Crippen molar-refractivity contribution in [2.45, 2.75) is 6.54 Å². The summed E-state index contributed by atoms with van der Waals surface area (Å²) in [4.78, 5) is 11.5. The third-order valence-corrected chi connectivity index (χ3v) is 3.99. The van der Waals surface area contributed by atoms with Gasteiger partial charge in [0.25, 0.3) is 0 Å². The van der Waals surface area contributed by atoms with Gasteiger partial charge in [0.15, 0.2) is 5.82 Å². The third kappa shape index (κ3) is 2.85. The first-order chi connectivity index (χ1) is 8.58. The fraction of sp³-hybridized carbons (Fsp3) is 0.182. The second-order valence-electron chi connectivity index (χ2n) is 3.73. The summed E-state index contributed by atoms with van der Waals surface area (Å²) in [6.07, 6.45) is 3.14. The lowest BCUT2D eigenvalue weighted by molar-refractivity contribution is 0.898. The highest BCUT2D eigenvalue weighted by molar-refractivity contribution is 9.10. The Morgan fingerprint density at radius 1 is 1.50 bits per heavy atom. The van der Waals surface area contributed by atoms with Crippen LogP contribution in [0.5, 0.6) is 0 Å². The van der Waals surface area contributed by atoms with Crippen molar-refractivity contribution in [1.29, 1.82) is 5.41 Å². The molecule has 2 aromatic heterocycles. The fourth-order valence-electron chi connectivity index (χ4n) is 1.55. The molecule has 0 fully saturated rings. The Bertz CT molecular complexity index is 568. The van der Waals surface area contributed by atoms with Crippen LogP contribution in [0.25, 0.3) is 0 Å². The summed E-state index contributed by atoms with van der Waals surface area (Å²) >= 11 is 5.09. The Kier molecular flexibility index (Phi) is 3.93. The topological polar surface area (TPSA) is 78.9 Å². The molecule has 0 aromatic carbocycles. The van der Waals surface area contributed by atoms with E-state index in [1.165, 1.54) is 11.1 Å². The molecule has 0 radical (unpaired) electrons. The van der Waals surface area contributed by atoms with Crippen molar-refractivity contribution in [1.82, 2.24) is 9.97 Å². The van der Waals surface area contributed by atoms with Gasteiger partial charge in [0, 0.05) is 34.2 Å². The van der Waals surface area contributed by atoms with Gasteiger partial charge >= 0.3 is 0 Å². The molecule has 7 heteroatoms. The van der Waals surface area contributed by atoms with Gasteiger partial charge in [0.05, 0.1) is 6.54 Å². The number of hydrogen-bond acceptors (Lipinski definition) is 5. The lowest BCUT2D eigenvalue weighted by Gasteiger charge is -2.18. The Balaban J connectivity index is 2.23. The molecule has 0 spiro atoms. The van der Waals surface area contributed by atoms with Gasteiger partial charge in [-0.1, -0.05) is 0 Å². The van der Waals surface area contributed by atoms with Crippen molar-refractivity contribution in [3.8, 4) is 0 Å². The average molecular weight is 326 g/mol. The lowest BCUT2D eigenvalue weighted by atomic mass is 10.3. The van der Waals surface area contributed by atoms with E-state index in [-0.39, 0.29) is 5.84 Å². The number of halogens is 1. The molecule has 0 unspecified atom stereocenters. The molecule has 0 aliphatic rings. The molecule has 18 heavy (non-hydrogen) atoms. The molecule has 94 valence electrons. The Morgan fingerprint density at radius 2 is 2.22 bits per heavy atom. The summed E-state index contributed by atoms with van der Waals surface area (Å²) in [5.74, 6) is 0.548. The highest BCUT2D eigenvalue weighted by Crippen LogP contribution is 2.23. The number of nitrogens with one attached hydrogen (secondary N) is 1. The summed E-state index contributed by atoms with van der Waals surface area (Å²) in [6.45, 7) is 0.704. The van der Waals surface area contributed by atoms with Crippen LogP contribution in [0.1, 0.15) is 10.6 Å². The summed E-state index contributed by atoms with van der Waals surface area (Å²) in [7, 11) is 1.91. The lowest BCUT2D eigenvalue weighted by Crippen LogP contribution is -2.24. The van der Waals surface area contributed by atoms with Gasteiger partial charge in [-0.05, 0) is 22.0 Å². The first kappa shape index (κ1) is 13.0. The number of nitrogen functional groups attached to an aromatic ring is 1. The number of amidine groups is 1. The zero-order valence-electron chi connectivity index (χ0n) is 9.72. The molecule has 3 N–H and O–H groups in total. The van der Waals surface area contributed by atoms with Crippen LogP contribution >= 0.6 is 27.3 Å². The minimum absolute atomic E-state index is 0.0719. The van der Waals surface area contributed by atoms with E-state index in [0.717, 1.165) is 4.47 Å². The summed E-state index contributed by atoms with van der Waals surface area (Å²) in [5, 5.41) is 9.53. The standard InChI is InChI=1S/C11H12BrN5S/c1-17(5-8-4-7(12)6-18-8)11-9(10(13)14)15-2-3-16-11/h2-4,6H,5H2,1H3,(H3,13,14). The molecule has 0 bridgehead atoms. The molecular weight excluding hydrogens is 314 g/mol. The number of nitrogens with two attached hydrogens (primary N) is 1. The molecule has 2 heterocycles. The highest BCUT2D eigenvalue weighted by atomic mass is 79.9. The van der Waals surface area contributed by atoms with Gasteiger partial charge in [0.2, 0.25) is 0 Å². The number of nitrogens with zero attached hydrogens (tertiary/aromatic N) is 3. The normalized spacial score (nSPS) is 10.3. The van der Waals surface area contributed by atoms with Crippen molar-refractivity contribution in [2.24, 2.45) is 5.73 Å². The maximum atomic E-state index is 7.50. The molecule has 0 saturated heterocycles. The van der Waals surface area contributed by atoms with Crippen molar-refractivity contribution in [3.63, 3.8) is 0 Å². The molecule has 0 atom stereocenters. The predicted molar refractivity (Wildman–Crippen MR) is 77.2 cm³/mol. The molecule has 0 aliphatic carbocycles. The summed E-state index contributed by atoms with van der Waals surface area (Å²) in [6, 6.07) is 2.06. The van der Waals surface area contributed by atoms with Crippen molar-refractivity contribution < 1.29 is 0 Å². The van der Waals surface area contributed by atoms with Crippen LogP contribution in [-0.2, 0) is 6.54 Å². The minimum atomic E-state index is -0.0719. The largest absolute Gasteiger partial charge is 0.382 e. The highest BCUT2D eigenvalue weighted by Gasteiger charge is 2.13. The number of hydrogen-bond donors (Lipinski definition) is 2. The van der Waals surface area contributed by atoms with E-state index in [0.29, 0.717) is 18.1 Å². The smallest absolute Gasteiger partial charge is 0.158 e. The van der Waals surface area contributed by atoms with Crippen LogP contribution in [0.15, 0.2) is 28.3 Å². The fourth-order valence-corrected chi connectivity index (χ4v) is 3.05. The molecular formula is C11H12BrN5S. The Morgan fingerprint density at radius 3 is 2.83 bits per heavy atom. The summed E-state index contributed by atoms with van der Waals surface area (Å²) < 4.78 is 1.07. The molecule has 2 aromatic rings. The van der Waals surface area contributed by atoms with Crippen LogP contribution in [0.3, 0.4) is 0 Å². The van der Waals surface area contributed by atoms with Crippen LogP contribution in [0.4, 0.5) is 5.82 Å². The number of thiophene rings is 1. The molecule has 2 rings (SSSR count). The first-order valence-electron chi connectivity index (χ1n) is 5.17. The van der Waals surface area contributed by atoms with Gasteiger partial charge in [-0.15, -0.1) is 11.3 Å².